The second kappa shape index (κ2) is 5.79. The highest BCUT2D eigenvalue weighted by atomic mass is 32.1. The summed E-state index contributed by atoms with van der Waals surface area (Å²) in [7, 11) is 1.36. The molecule has 1 aliphatic heterocycles. The minimum Gasteiger partial charge on any atom is -0.494 e. The van der Waals surface area contributed by atoms with Crippen LogP contribution in [0.3, 0.4) is 0 Å². The van der Waals surface area contributed by atoms with E-state index in [0.717, 1.165) is 30.1 Å². The van der Waals surface area contributed by atoms with Crippen LogP contribution in [0.4, 0.5) is 9.52 Å². The number of anilines is 1. The Morgan fingerprint density at radius 2 is 2.38 bits per heavy atom. The molecule has 0 bridgehead atoms. The number of hydrogen-bond donors (Lipinski definition) is 2. The molecule has 5 nitrogen and oxygen atoms in total. The van der Waals surface area contributed by atoms with Gasteiger partial charge in [-0.1, -0.05) is 0 Å². The lowest BCUT2D eigenvalue weighted by Crippen LogP contribution is -2.22. The van der Waals surface area contributed by atoms with E-state index in [2.05, 4.69) is 15.6 Å². The average Bonchev–Trinajstić information content (AvgIpc) is 2.89. The van der Waals surface area contributed by atoms with Crippen LogP contribution >= 0.6 is 11.3 Å². The number of carbonyl (C=O) groups excluding carboxylic acids is 1. The molecule has 0 saturated carbocycles. The highest BCUT2D eigenvalue weighted by Gasteiger charge is 2.17. The summed E-state index contributed by atoms with van der Waals surface area (Å²) in [6.07, 6.45) is 0.867. The molecule has 1 amide bonds. The second-order valence-corrected chi connectivity index (χ2v) is 5.70. The molecule has 21 heavy (non-hydrogen) atoms. The summed E-state index contributed by atoms with van der Waals surface area (Å²) < 4.78 is 18.2. The highest BCUT2D eigenvalue weighted by Crippen LogP contribution is 2.26. The monoisotopic (exact) mass is 307 g/mol. The van der Waals surface area contributed by atoms with Gasteiger partial charge in [-0.2, -0.15) is 0 Å². The van der Waals surface area contributed by atoms with Crippen molar-refractivity contribution in [3.05, 3.63) is 40.2 Å². The van der Waals surface area contributed by atoms with E-state index in [1.165, 1.54) is 36.6 Å². The fourth-order valence-electron chi connectivity index (χ4n) is 2.15. The second-order valence-electron chi connectivity index (χ2n) is 4.62. The first-order valence-corrected chi connectivity index (χ1v) is 7.33. The molecule has 0 fully saturated rings. The van der Waals surface area contributed by atoms with Gasteiger partial charge in [-0.25, -0.2) is 9.37 Å². The van der Waals surface area contributed by atoms with E-state index in [4.69, 9.17) is 4.74 Å². The minimum atomic E-state index is -0.496. The van der Waals surface area contributed by atoms with Crippen molar-refractivity contribution in [1.82, 2.24) is 10.3 Å². The Bertz CT molecular complexity index is 663. The molecule has 0 aliphatic carbocycles. The van der Waals surface area contributed by atoms with Gasteiger partial charge in [0.1, 0.15) is 0 Å². The number of rotatable bonds is 3. The topological polar surface area (TPSA) is 63.2 Å². The molecule has 1 aromatic carbocycles. The van der Waals surface area contributed by atoms with E-state index in [-0.39, 0.29) is 11.7 Å². The molecule has 1 aliphatic rings. The SMILES string of the molecule is COc1cc(C(=O)Nc2nc3c(s2)CNCC3)ccc1F. The van der Waals surface area contributed by atoms with Crippen LogP contribution in [0.15, 0.2) is 18.2 Å². The predicted molar refractivity (Wildman–Crippen MR) is 78.4 cm³/mol. The highest BCUT2D eigenvalue weighted by molar-refractivity contribution is 7.15. The molecule has 0 radical (unpaired) electrons. The predicted octanol–water partition coefficient (Wildman–Crippen LogP) is 2.19. The molecule has 7 heteroatoms. The third kappa shape index (κ3) is 2.88. The van der Waals surface area contributed by atoms with Gasteiger partial charge >= 0.3 is 0 Å². The molecule has 0 saturated heterocycles. The maximum Gasteiger partial charge on any atom is 0.257 e. The summed E-state index contributed by atoms with van der Waals surface area (Å²) in [6.45, 7) is 1.69. The molecule has 110 valence electrons. The van der Waals surface area contributed by atoms with Crippen molar-refractivity contribution in [3.8, 4) is 5.75 Å². The van der Waals surface area contributed by atoms with Crippen LogP contribution in [0.25, 0.3) is 0 Å². The average molecular weight is 307 g/mol. The summed E-state index contributed by atoms with van der Waals surface area (Å²) in [5, 5.41) is 6.58. The van der Waals surface area contributed by atoms with Crippen molar-refractivity contribution in [3.63, 3.8) is 0 Å². The summed E-state index contributed by atoms with van der Waals surface area (Å²) in [6, 6.07) is 4.01. The van der Waals surface area contributed by atoms with Gasteiger partial charge in [0, 0.05) is 30.0 Å². The van der Waals surface area contributed by atoms with E-state index < -0.39 is 5.82 Å². The normalized spacial score (nSPS) is 13.6. The number of nitrogens with zero attached hydrogens (tertiary/aromatic N) is 1. The van der Waals surface area contributed by atoms with Crippen molar-refractivity contribution in [2.75, 3.05) is 19.0 Å². The number of amides is 1. The van der Waals surface area contributed by atoms with Crippen LogP contribution in [-0.4, -0.2) is 24.5 Å². The lowest BCUT2D eigenvalue weighted by molar-refractivity contribution is 0.102. The van der Waals surface area contributed by atoms with Crippen molar-refractivity contribution >= 4 is 22.4 Å². The van der Waals surface area contributed by atoms with Gasteiger partial charge in [-0.3, -0.25) is 10.1 Å². The number of ether oxygens (including phenoxy) is 1. The Hall–Kier alpha value is -1.99. The number of benzene rings is 1. The van der Waals surface area contributed by atoms with Gasteiger partial charge in [0.25, 0.3) is 5.91 Å². The van der Waals surface area contributed by atoms with Crippen molar-refractivity contribution in [2.24, 2.45) is 0 Å². The van der Waals surface area contributed by atoms with Crippen LogP contribution in [0, 0.1) is 5.82 Å². The molecule has 2 N–H and O–H groups in total. The van der Waals surface area contributed by atoms with Gasteiger partial charge in [-0.15, -0.1) is 11.3 Å². The molecule has 0 unspecified atom stereocenters. The number of aromatic nitrogens is 1. The zero-order valence-electron chi connectivity index (χ0n) is 11.4. The summed E-state index contributed by atoms with van der Waals surface area (Å²) >= 11 is 1.46. The first kappa shape index (κ1) is 14.0. The Morgan fingerprint density at radius 1 is 1.52 bits per heavy atom. The van der Waals surface area contributed by atoms with E-state index in [0.29, 0.717) is 10.7 Å². The Morgan fingerprint density at radius 3 is 3.14 bits per heavy atom. The van der Waals surface area contributed by atoms with Crippen LogP contribution in [0.2, 0.25) is 0 Å². The fraction of sp³-hybridized carbons (Fsp3) is 0.286. The zero-order chi connectivity index (χ0) is 14.8. The number of halogens is 1. The number of methoxy groups -OCH3 is 1. The molecule has 3 rings (SSSR count). The smallest absolute Gasteiger partial charge is 0.257 e. The third-order valence-electron chi connectivity index (χ3n) is 3.24. The van der Waals surface area contributed by atoms with Gasteiger partial charge < -0.3 is 10.1 Å². The molecule has 2 aromatic rings. The van der Waals surface area contributed by atoms with Gasteiger partial charge in [0.15, 0.2) is 16.7 Å². The largest absolute Gasteiger partial charge is 0.494 e. The summed E-state index contributed by atoms with van der Waals surface area (Å²) in [4.78, 5) is 17.7. The van der Waals surface area contributed by atoms with Crippen molar-refractivity contribution < 1.29 is 13.9 Å². The van der Waals surface area contributed by atoms with Gasteiger partial charge in [0.05, 0.1) is 12.8 Å². The standard InChI is InChI=1S/C14H14FN3O2S/c1-20-11-6-8(2-3-9(11)15)13(19)18-14-17-10-4-5-16-7-12(10)21-14/h2-3,6,16H,4-5,7H2,1H3,(H,17,18,19). The van der Waals surface area contributed by atoms with Crippen LogP contribution < -0.4 is 15.4 Å². The molecule has 2 heterocycles. The number of carbonyl (C=O) groups is 1. The first-order chi connectivity index (χ1) is 10.2. The number of nitrogens with one attached hydrogen (secondary N) is 2. The van der Waals surface area contributed by atoms with Gasteiger partial charge in [-0.05, 0) is 18.2 Å². The number of fused-ring (bicyclic) bond motifs is 1. The Balaban J connectivity index is 1.78. The third-order valence-corrected chi connectivity index (χ3v) is 4.25. The summed E-state index contributed by atoms with van der Waals surface area (Å²) in [5.41, 5.74) is 1.37. The molecule has 0 atom stereocenters. The van der Waals surface area contributed by atoms with Gasteiger partial charge in [0.2, 0.25) is 0 Å². The fourth-order valence-corrected chi connectivity index (χ4v) is 3.12. The maximum absolute atomic E-state index is 13.3. The minimum absolute atomic E-state index is 0.0466. The lowest BCUT2D eigenvalue weighted by Gasteiger charge is -2.09. The van der Waals surface area contributed by atoms with Crippen LogP contribution in [-0.2, 0) is 13.0 Å². The van der Waals surface area contributed by atoms with E-state index >= 15 is 0 Å². The summed E-state index contributed by atoms with van der Waals surface area (Å²) in [5.74, 6) is -0.775. The quantitative estimate of drug-likeness (QED) is 0.912. The van der Waals surface area contributed by atoms with Crippen LogP contribution in [0.1, 0.15) is 20.9 Å². The Labute approximate surface area is 125 Å². The van der Waals surface area contributed by atoms with Crippen LogP contribution in [0.5, 0.6) is 5.75 Å². The number of hydrogen-bond acceptors (Lipinski definition) is 5. The maximum atomic E-state index is 13.3. The molecule has 0 spiro atoms. The van der Waals surface area contributed by atoms with E-state index in [9.17, 15) is 9.18 Å². The number of thiazole rings is 1. The van der Waals surface area contributed by atoms with E-state index in [1.54, 1.807) is 0 Å². The van der Waals surface area contributed by atoms with Crippen molar-refractivity contribution in [1.29, 1.82) is 0 Å². The zero-order valence-corrected chi connectivity index (χ0v) is 12.2. The molecular formula is C14H14FN3O2S. The van der Waals surface area contributed by atoms with Crippen molar-refractivity contribution in [2.45, 2.75) is 13.0 Å². The molecular weight excluding hydrogens is 293 g/mol. The Kier molecular flexibility index (Phi) is 3.85. The molecule has 1 aromatic heterocycles. The first-order valence-electron chi connectivity index (χ1n) is 6.51. The van der Waals surface area contributed by atoms with E-state index in [1.807, 2.05) is 0 Å². The lowest BCUT2D eigenvalue weighted by atomic mass is 10.2.